The smallest absolute Gasteiger partial charge is 0.341 e. The van der Waals surface area contributed by atoms with E-state index in [0.717, 1.165) is 11.3 Å². The van der Waals surface area contributed by atoms with E-state index in [0.29, 0.717) is 27.7 Å². The molecule has 0 fully saturated rings. The SMILES string of the molecule is COC(=O)c1cc(Cl)cnc1Cc1cccc(OC)c1.COC(=O)c1cc(Cl)cnc1Cl. The van der Waals surface area contributed by atoms with Crippen LogP contribution in [0.4, 0.5) is 0 Å². The van der Waals surface area contributed by atoms with Crippen LogP contribution in [-0.2, 0) is 15.9 Å². The summed E-state index contributed by atoms with van der Waals surface area (Å²) in [4.78, 5) is 30.6. The van der Waals surface area contributed by atoms with Crippen LogP contribution in [0.15, 0.2) is 48.8 Å². The second kappa shape index (κ2) is 12.2. The predicted octanol–water partition coefficient (Wildman–Crippen LogP) is 5.30. The summed E-state index contributed by atoms with van der Waals surface area (Å²) in [5.74, 6) is -0.232. The monoisotopic (exact) mass is 496 g/mol. The number of esters is 2. The Kier molecular flexibility index (Phi) is 9.71. The van der Waals surface area contributed by atoms with Gasteiger partial charge in [-0.3, -0.25) is 4.98 Å². The average molecular weight is 498 g/mol. The molecule has 1 aromatic carbocycles. The molecule has 0 saturated carbocycles. The summed E-state index contributed by atoms with van der Waals surface area (Å²) in [6.07, 6.45) is 3.37. The van der Waals surface area contributed by atoms with E-state index >= 15 is 0 Å². The Balaban J connectivity index is 0.000000258. The van der Waals surface area contributed by atoms with Crippen molar-refractivity contribution < 1.29 is 23.8 Å². The lowest BCUT2D eigenvalue weighted by molar-refractivity contribution is 0.0590. The quantitative estimate of drug-likeness (QED) is 0.349. The van der Waals surface area contributed by atoms with Gasteiger partial charge >= 0.3 is 11.9 Å². The van der Waals surface area contributed by atoms with Crippen LogP contribution in [0.1, 0.15) is 32.0 Å². The van der Waals surface area contributed by atoms with Gasteiger partial charge in [-0.1, -0.05) is 46.9 Å². The summed E-state index contributed by atoms with van der Waals surface area (Å²) in [7, 11) is 4.21. The number of benzene rings is 1. The first-order valence-electron chi connectivity index (χ1n) is 9.04. The van der Waals surface area contributed by atoms with Gasteiger partial charge in [-0.25, -0.2) is 14.6 Å². The van der Waals surface area contributed by atoms with Gasteiger partial charge in [0.15, 0.2) is 0 Å². The number of methoxy groups -OCH3 is 3. The molecule has 0 N–H and O–H groups in total. The first kappa shape index (κ1) is 25.4. The molecule has 2 aromatic heterocycles. The van der Waals surface area contributed by atoms with Gasteiger partial charge in [-0.2, -0.15) is 0 Å². The van der Waals surface area contributed by atoms with Crippen molar-refractivity contribution in [1.82, 2.24) is 9.97 Å². The second-order valence-electron chi connectivity index (χ2n) is 6.15. The van der Waals surface area contributed by atoms with Gasteiger partial charge in [-0.05, 0) is 29.8 Å². The third kappa shape index (κ3) is 7.09. The maximum atomic E-state index is 11.8. The largest absolute Gasteiger partial charge is 0.497 e. The highest BCUT2D eigenvalue weighted by molar-refractivity contribution is 6.34. The van der Waals surface area contributed by atoms with Crippen molar-refractivity contribution in [3.05, 3.63) is 86.4 Å². The number of carbonyl (C=O) groups is 2. The van der Waals surface area contributed by atoms with Crippen molar-refractivity contribution in [2.24, 2.45) is 0 Å². The molecule has 0 amide bonds. The Hall–Kier alpha value is -2.87. The Labute approximate surface area is 200 Å². The Bertz CT molecular complexity index is 1110. The minimum Gasteiger partial charge on any atom is -0.497 e. The molecule has 7 nitrogen and oxygen atoms in total. The zero-order chi connectivity index (χ0) is 23.7. The van der Waals surface area contributed by atoms with Crippen LogP contribution < -0.4 is 4.74 Å². The lowest BCUT2D eigenvalue weighted by Crippen LogP contribution is -2.08. The molecule has 2 heterocycles. The molecule has 10 heteroatoms. The molecule has 0 radical (unpaired) electrons. The zero-order valence-corrected chi connectivity index (χ0v) is 19.7. The summed E-state index contributed by atoms with van der Waals surface area (Å²) in [5.41, 5.74) is 2.16. The maximum absolute atomic E-state index is 11.8. The lowest BCUT2D eigenvalue weighted by atomic mass is 10.0. The van der Waals surface area contributed by atoms with Gasteiger partial charge in [0.2, 0.25) is 0 Å². The molecular weight excluding hydrogens is 479 g/mol. The highest BCUT2D eigenvalue weighted by atomic mass is 35.5. The Morgan fingerprint density at radius 3 is 2.06 bits per heavy atom. The van der Waals surface area contributed by atoms with Crippen LogP contribution in [-0.4, -0.2) is 43.2 Å². The minimum atomic E-state index is -0.546. The highest BCUT2D eigenvalue weighted by Gasteiger charge is 2.15. The molecule has 32 heavy (non-hydrogen) atoms. The van der Waals surface area contributed by atoms with Crippen LogP contribution in [0.3, 0.4) is 0 Å². The number of pyridine rings is 2. The van der Waals surface area contributed by atoms with E-state index in [9.17, 15) is 9.59 Å². The number of hydrogen-bond donors (Lipinski definition) is 0. The van der Waals surface area contributed by atoms with Gasteiger partial charge in [0.25, 0.3) is 0 Å². The number of hydrogen-bond acceptors (Lipinski definition) is 7. The highest BCUT2D eigenvalue weighted by Crippen LogP contribution is 2.20. The number of rotatable bonds is 5. The van der Waals surface area contributed by atoms with E-state index in [1.807, 2.05) is 24.3 Å². The molecule has 168 valence electrons. The van der Waals surface area contributed by atoms with Crippen molar-refractivity contribution >= 4 is 46.7 Å². The first-order chi connectivity index (χ1) is 15.3. The molecule has 0 saturated heterocycles. The summed E-state index contributed by atoms with van der Waals surface area (Å²) >= 11 is 17.1. The molecule has 3 aromatic rings. The number of ether oxygens (including phenoxy) is 3. The standard InChI is InChI=1S/C15H14ClNO3.C7H5Cl2NO2/c1-19-12-5-3-4-10(6-12)7-14-13(15(18)20-2)8-11(16)9-17-14;1-12-7(11)5-2-4(8)3-10-6(5)9/h3-6,8-9H,7H2,1-2H3;2-3H,1H3. The number of halogens is 3. The van der Waals surface area contributed by atoms with Gasteiger partial charge < -0.3 is 14.2 Å². The van der Waals surface area contributed by atoms with Crippen LogP contribution in [0.2, 0.25) is 15.2 Å². The summed E-state index contributed by atoms with van der Waals surface area (Å²) in [5, 5.41) is 0.839. The van der Waals surface area contributed by atoms with E-state index in [1.165, 1.54) is 32.7 Å². The van der Waals surface area contributed by atoms with Crippen LogP contribution in [0.25, 0.3) is 0 Å². The predicted molar refractivity (Wildman–Crippen MR) is 122 cm³/mol. The third-order valence-electron chi connectivity index (χ3n) is 4.06. The van der Waals surface area contributed by atoms with Crippen LogP contribution >= 0.6 is 34.8 Å². The van der Waals surface area contributed by atoms with Crippen molar-refractivity contribution in [3.8, 4) is 5.75 Å². The normalized spacial score (nSPS) is 9.94. The van der Waals surface area contributed by atoms with Gasteiger partial charge in [0.05, 0.1) is 48.2 Å². The second-order valence-corrected chi connectivity index (χ2v) is 7.38. The molecule has 0 bridgehead atoms. The Morgan fingerprint density at radius 1 is 0.844 bits per heavy atom. The Morgan fingerprint density at radius 2 is 1.44 bits per heavy atom. The molecule has 0 aliphatic rings. The van der Waals surface area contributed by atoms with Gasteiger partial charge in [0, 0.05) is 18.8 Å². The van der Waals surface area contributed by atoms with E-state index < -0.39 is 11.9 Å². The zero-order valence-electron chi connectivity index (χ0n) is 17.4. The van der Waals surface area contributed by atoms with Crippen molar-refractivity contribution in [1.29, 1.82) is 0 Å². The van der Waals surface area contributed by atoms with Crippen LogP contribution in [0, 0.1) is 0 Å². The molecule has 3 rings (SSSR count). The van der Waals surface area contributed by atoms with Crippen molar-refractivity contribution in [3.63, 3.8) is 0 Å². The van der Waals surface area contributed by atoms with E-state index in [-0.39, 0.29) is 10.7 Å². The molecule has 0 aliphatic carbocycles. The van der Waals surface area contributed by atoms with E-state index in [2.05, 4.69) is 14.7 Å². The number of carbonyl (C=O) groups excluding carboxylic acids is 2. The van der Waals surface area contributed by atoms with E-state index in [4.69, 9.17) is 44.3 Å². The fourth-order valence-electron chi connectivity index (χ4n) is 2.55. The van der Waals surface area contributed by atoms with Gasteiger partial charge in [0.1, 0.15) is 10.9 Å². The van der Waals surface area contributed by atoms with Gasteiger partial charge in [-0.15, -0.1) is 0 Å². The van der Waals surface area contributed by atoms with Crippen LogP contribution in [0.5, 0.6) is 5.75 Å². The first-order valence-corrected chi connectivity index (χ1v) is 10.2. The third-order valence-corrected chi connectivity index (χ3v) is 4.77. The molecule has 0 unspecified atom stereocenters. The fraction of sp³-hybridized carbons (Fsp3) is 0.182. The summed E-state index contributed by atoms with van der Waals surface area (Å²) in [6.45, 7) is 0. The average Bonchev–Trinajstić information content (AvgIpc) is 2.81. The summed E-state index contributed by atoms with van der Waals surface area (Å²) < 4.78 is 14.4. The lowest BCUT2D eigenvalue weighted by Gasteiger charge is -2.08. The molecule has 0 aliphatic heterocycles. The molecular formula is C22H19Cl3N2O5. The molecule has 0 atom stereocenters. The van der Waals surface area contributed by atoms with Crippen molar-refractivity contribution in [2.75, 3.05) is 21.3 Å². The number of nitrogens with zero attached hydrogens (tertiary/aromatic N) is 2. The molecule has 0 spiro atoms. The minimum absolute atomic E-state index is 0.0891. The van der Waals surface area contributed by atoms with E-state index in [1.54, 1.807) is 13.2 Å². The maximum Gasteiger partial charge on any atom is 0.341 e. The number of aromatic nitrogens is 2. The summed E-state index contributed by atoms with van der Waals surface area (Å²) in [6, 6.07) is 10.6. The topological polar surface area (TPSA) is 87.6 Å². The van der Waals surface area contributed by atoms with Crippen molar-refractivity contribution in [2.45, 2.75) is 6.42 Å². The fourth-order valence-corrected chi connectivity index (χ4v) is 3.04.